The lowest BCUT2D eigenvalue weighted by molar-refractivity contribution is 0.194. The van der Waals surface area contributed by atoms with E-state index in [9.17, 15) is 4.79 Å². The van der Waals surface area contributed by atoms with Crippen LogP contribution in [0.5, 0.6) is 0 Å². The van der Waals surface area contributed by atoms with Crippen LogP contribution in [-0.4, -0.2) is 29.2 Å². The lowest BCUT2D eigenvalue weighted by Gasteiger charge is -2.16. The van der Waals surface area contributed by atoms with E-state index in [0.29, 0.717) is 12.5 Å². The van der Waals surface area contributed by atoms with Gasteiger partial charge in [0.2, 0.25) is 0 Å². The molecule has 4 heteroatoms. The van der Waals surface area contributed by atoms with Gasteiger partial charge in [-0.25, -0.2) is 4.79 Å². The van der Waals surface area contributed by atoms with Crippen LogP contribution in [-0.2, 0) is 13.1 Å². The first kappa shape index (κ1) is 15.6. The second kappa shape index (κ2) is 7.29. The molecule has 0 bridgehead atoms. The molecule has 1 fully saturated rings. The highest BCUT2D eigenvalue weighted by molar-refractivity contribution is 5.64. The van der Waals surface area contributed by atoms with Gasteiger partial charge in [0.15, 0.2) is 0 Å². The van der Waals surface area contributed by atoms with E-state index in [1.807, 2.05) is 12.1 Å². The maximum Gasteiger partial charge on any atom is 0.404 e. The summed E-state index contributed by atoms with van der Waals surface area (Å²) < 4.78 is 0. The number of nitrogens with zero attached hydrogens (tertiary/aromatic N) is 1. The number of nitrogens with one attached hydrogen (secondary N) is 1. The molecule has 1 atom stereocenters. The Morgan fingerprint density at radius 2 is 1.83 bits per heavy atom. The highest BCUT2D eigenvalue weighted by Gasteiger charge is 2.23. The number of hydrogen-bond donors (Lipinski definition) is 2. The van der Waals surface area contributed by atoms with Gasteiger partial charge in [-0.3, -0.25) is 4.90 Å². The van der Waals surface area contributed by atoms with Crippen molar-refractivity contribution in [3.8, 4) is 0 Å². The summed E-state index contributed by atoms with van der Waals surface area (Å²) >= 11 is 0. The van der Waals surface area contributed by atoms with Gasteiger partial charge in [-0.1, -0.05) is 54.6 Å². The molecule has 120 valence electrons. The van der Waals surface area contributed by atoms with Gasteiger partial charge >= 0.3 is 6.09 Å². The molecule has 1 saturated heterocycles. The fourth-order valence-corrected chi connectivity index (χ4v) is 3.18. The van der Waals surface area contributed by atoms with Crippen molar-refractivity contribution in [1.29, 1.82) is 0 Å². The predicted molar refractivity (Wildman–Crippen MR) is 90.4 cm³/mol. The van der Waals surface area contributed by atoms with Crippen LogP contribution in [0.3, 0.4) is 0 Å². The number of benzene rings is 2. The van der Waals surface area contributed by atoms with Crippen LogP contribution in [0.15, 0.2) is 54.6 Å². The van der Waals surface area contributed by atoms with Gasteiger partial charge in [0, 0.05) is 19.6 Å². The quantitative estimate of drug-likeness (QED) is 0.889. The number of rotatable bonds is 5. The lowest BCUT2D eigenvalue weighted by atomic mass is 9.97. The lowest BCUT2D eigenvalue weighted by Crippen LogP contribution is -2.20. The van der Waals surface area contributed by atoms with Gasteiger partial charge in [-0.05, 0) is 35.6 Å². The number of carbonyl (C=O) groups is 1. The third-order valence-electron chi connectivity index (χ3n) is 4.42. The molecule has 0 saturated carbocycles. The third-order valence-corrected chi connectivity index (χ3v) is 4.42. The summed E-state index contributed by atoms with van der Waals surface area (Å²) in [6, 6.07) is 18.9. The fourth-order valence-electron chi connectivity index (χ4n) is 3.18. The first-order chi connectivity index (χ1) is 11.2. The van der Waals surface area contributed by atoms with Crippen molar-refractivity contribution >= 4 is 6.09 Å². The normalized spacial score (nSPS) is 18.0. The van der Waals surface area contributed by atoms with Gasteiger partial charge in [0.05, 0.1) is 0 Å². The molecule has 0 aromatic heterocycles. The zero-order valence-electron chi connectivity index (χ0n) is 13.1. The van der Waals surface area contributed by atoms with Crippen LogP contribution >= 0.6 is 0 Å². The zero-order valence-corrected chi connectivity index (χ0v) is 13.1. The van der Waals surface area contributed by atoms with Crippen molar-refractivity contribution in [2.45, 2.75) is 25.4 Å². The first-order valence-corrected chi connectivity index (χ1v) is 8.02. The van der Waals surface area contributed by atoms with Crippen LogP contribution in [0.25, 0.3) is 0 Å². The summed E-state index contributed by atoms with van der Waals surface area (Å²) in [4.78, 5) is 13.0. The molecule has 1 aliphatic heterocycles. The molecule has 1 unspecified atom stereocenters. The van der Waals surface area contributed by atoms with Gasteiger partial charge < -0.3 is 10.4 Å². The average molecular weight is 310 g/mol. The number of carboxylic acid groups (broad SMARTS) is 1. The largest absolute Gasteiger partial charge is 0.465 e. The van der Waals surface area contributed by atoms with Crippen LogP contribution < -0.4 is 5.32 Å². The van der Waals surface area contributed by atoms with E-state index in [4.69, 9.17) is 5.11 Å². The van der Waals surface area contributed by atoms with Crippen LogP contribution in [0.4, 0.5) is 4.79 Å². The molecule has 0 aliphatic carbocycles. The number of likely N-dealkylation sites (tertiary alicyclic amines) is 1. The summed E-state index contributed by atoms with van der Waals surface area (Å²) in [5.74, 6) is 0.570. The number of hydrogen-bond acceptors (Lipinski definition) is 2. The predicted octanol–water partition coefficient (Wildman–Crippen LogP) is 3.44. The van der Waals surface area contributed by atoms with E-state index in [1.165, 1.54) is 17.5 Å². The molecule has 0 radical (unpaired) electrons. The molecule has 3 rings (SSSR count). The zero-order chi connectivity index (χ0) is 16.1. The molecule has 2 aromatic carbocycles. The van der Waals surface area contributed by atoms with Crippen molar-refractivity contribution in [3.63, 3.8) is 0 Å². The minimum Gasteiger partial charge on any atom is -0.465 e. The van der Waals surface area contributed by atoms with E-state index < -0.39 is 6.09 Å². The van der Waals surface area contributed by atoms with Gasteiger partial charge in [0.1, 0.15) is 0 Å². The van der Waals surface area contributed by atoms with E-state index in [1.54, 1.807) is 0 Å². The SMILES string of the molecule is O=C(O)NCc1ccc(C2CCN(Cc3ccccc3)C2)cc1. The second-order valence-corrected chi connectivity index (χ2v) is 6.11. The molecule has 4 nitrogen and oxygen atoms in total. The topological polar surface area (TPSA) is 52.6 Å². The Hall–Kier alpha value is -2.33. The number of amides is 1. The molecule has 1 aliphatic rings. The van der Waals surface area contributed by atoms with Crippen molar-refractivity contribution < 1.29 is 9.90 Å². The monoisotopic (exact) mass is 310 g/mol. The van der Waals surface area contributed by atoms with Gasteiger partial charge in [-0.15, -0.1) is 0 Å². The Labute approximate surface area is 136 Å². The fraction of sp³-hybridized carbons (Fsp3) is 0.316. The van der Waals surface area contributed by atoms with Crippen LogP contribution in [0, 0.1) is 0 Å². The molecule has 2 N–H and O–H groups in total. The summed E-state index contributed by atoms with van der Waals surface area (Å²) in [6.45, 7) is 3.59. The van der Waals surface area contributed by atoms with Crippen molar-refractivity contribution in [3.05, 3.63) is 71.3 Å². The third kappa shape index (κ3) is 4.33. The van der Waals surface area contributed by atoms with E-state index in [-0.39, 0.29) is 0 Å². The summed E-state index contributed by atoms with van der Waals surface area (Å²) in [5, 5.41) is 11.0. The summed E-state index contributed by atoms with van der Waals surface area (Å²) in [5.41, 5.74) is 3.71. The summed E-state index contributed by atoms with van der Waals surface area (Å²) in [6.07, 6.45) is 0.195. The minimum absolute atomic E-state index is 0.362. The smallest absolute Gasteiger partial charge is 0.404 e. The highest BCUT2D eigenvalue weighted by Crippen LogP contribution is 2.28. The van der Waals surface area contributed by atoms with Crippen molar-refractivity contribution in [2.75, 3.05) is 13.1 Å². The van der Waals surface area contributed by atoms with Gasteiger partial charge in [-0.2, -0.15) is 0 Å². The maximum atomic E-state index is 10.5. The Kier molecular flexibility index (Phi) is 4.93. The molecular weight excluding hydrogens is 288 g/mol. The summed E-state index contributed by atoms with van der Waals surface area (Å²) in [7, 11) is 0. The van der Waals surface area contributed by atoms with Crippen molar-refractivity contribution in [2.24, 2.45) is 0 Å². The molecule has 23 heavy (non-hydrogen) atoms. The maximum absolute atomic E-state index is 10.5. The van der Waals surface area contributed by atoms with Crippen molar-refractivity contribution in [1.82, 2.24) is 10.2 Å². The molecule has 0 spiro atoms. The Bertz CT molecular complexity index is 640. The molecule has 1 amide bonds. The standard InChI is InChI=1S/C19H22N2O2/c22-19(23)20-12-15-6-8-17(9-7-15)18-10-11-21(14-18)13-16-4-2-1-3-5-16/h1-9,18,20H,10-14H2,(H,22,23). The Balaban J connectivity index is 1.55. The Morgan fingerprint density at radius 1 is 1.09 bits per heavy atom. The average Bonchev–Trinajstić information content (AvgIpc) is 3.03. The minimum atomic E-state index is -0.985. The van der Waals surface area contributed by atoms with E-state index in [2.05, 4.69) is 52.7 Å². The highest BCUT2D eigenvalue weighted by atomic mass is 16.4. The Morgan fingerprint density at radius 3 is 2.52 bits per heavy atom. The molecular formula is C19H22N2O2. The first-order valence-electron chi connectivity index (χ1n) is 8.02. The van der Waals surface area contributed by atoms with Crippen LogP contribution in [0.1, 0.15) is 29.0 Å². The van der Waals surface area contributed by atoms with Crippen LogP contribution in [0.2, 0.25) is 0 Å². The van der Waals surface area contributed by atoms with E-state index >= 15 is 0 Å². The second-order valence-electron chi connectivity index (χ2n) is 6.11. The molecule has 2 aromatic rings. The van der Waals surface area contributed by atoms with Gasteiger partial charge in [0.25, 0.3) is 0 Å². The molecule has 1 heterocycles. The van der Waals surface area contributed by atoms with E-state index in [0.717, 1.165) is 25.2 Å².